The van der Waals surface area contributed by atoms with Gasteiger partial charge in [-0.05, 0) is 41.1 Å². The molecule has 0 amide bonds. The number of hydrogen-bond donors (Lipinski definition) is 1. The third kappa shape index (κ3) is 2.96. The zero-order valence-electron chi connectivity index (χ0n) is 10.9. The highest BCUT2D eigenvalue weighted by molar-refractivity contribution is 9.10. The predicted octanol–water partition coefficient (Wildman–Crippen LogP) is 3.39. The second kappa shape index (κ2) is 5.88. The van der Waals surface area contributed by atoms with Gasteiger partial charge in [0.15, 0.2) is 0 Å². The fourth-order valence-corrected chi connectivity index (χ4v) is 2.02. The highest BCUT2D eigenvalue weighted by Crippen LogP contribution is 2.33. The van der Waals surface area contributed by atoms with Crippen LogP contribution in [0.15, 0.2) is 29.0 Å². The number of hydrogen-bond acceptors (Lipinski definition) is 5. The van der Waals surface area contributed by atoms with Crippen LogP contribution in [0.1, 0.15) is 5.56 Å². The molecule has 100 valence electrons. The molecule has 0 saturated carbocycles. The number of aromatic nitrogens is 2. The van der Waals surface area contributed by atoms with Gasteiger partial charge in [0, 0.05) is 7.05 Å². The van der Waals surface area contributed by atoms with E-state index in [2.05, 4.69) is 31.2 Å². The fraction of sp³-hybridized carbons (Fsp3) is 0.231. The molecule has 5 nitrogen and oxygen atoms in total. The lowest BCUT2D eigenvalue weighted by atomic mass is 10.3. The molecule has 1 N–H and O–H groups in total. The van der Waals surface area contributed by atoms with Gasteiger partial charge in [-0.2, -0.15) is 0 Å². The molecular formula is C13H14BrN3O2. The Morgan fingerprint density at radius 2 is 2.05 bits per heavy atom. The number of nitrogens with one attached hydrogen (secondary N) is 1. The summed E-state index contributed by atoms with van der Waals surface area (Å²) in [6, 6.07) is 5.49. The minimum absolute atomic E-state index is 0.519. The number of rotatable bonds is 4. The van der Waals surface area contributed by atoms with E-state index in [9.17, 15) is 0 Å². The van der Waals surface area contributed by atoms with Crippen molar-refractivity contribution in [1.29, 1.82) is 0 Å². The molecule has 0 atom stereocenters. The summed E-state index contributed by atoms with van der Waals surface area (Å²) in [5, 5.41) is 2.99. The van der Waals surface area contributed by atoms with Crippen LogP contribution in [0.5, 0.6) is 17.4 Å². The second-order valence-corrected chi connectivity index (χ2v) is 4.66. The molecule has 19 heavy (non-hydrogen) atoms. The number of nitrogens with zero attached hydrogens (tertiary/aromatic N) is 2. The lowest BCUT2D eigenvalue weighted by molar-refractivity contribution is 0.411. The van der Waals surface area contributed by atoms with Gasteiger partial charge in [0.1, 0.15) is 23.6 Å². The lowest BCUT2D eigenvalue weighted by Gasteiger charge is -2.11. The maximum absolute atomic E-state index is 5.79. The number of methoxy groups -OCH3 is 1. The minimum atomic E-state index is 0.519. The predicted molar refractivity (Wildman–Crippen MR) is 77.1 cm³/mol. The van der Waals surface area contributed by atoms with Crippen molar-refractivity contribution >= 4 is 21.7 Å². The van der Waals surface area contributed by atoms with Crippen molar-refractivity contribution in [3.63, 3.8) is 0 Å². The monoisotopic (exact) mass is 323 g/mol. The molecule has 6 heteroatoms. The van der Waals surface area contributed by atoms with Crippen molar-refractivity contribution in [2.45, 2.75) is 6.92 Å². The van der Waals surface area contributed by atoms with E-state index in [1.54, 1.807) is 7.11 Å². The highest BCUT2D eigenvalue weighted by Gasteiger charge is 2.10. The van der Waals surface area contributed by atoms with Gasteiger partial charge in [-0.25, -0.2) is 9.97 Å². The topological polar surface area (TPSA) is 56.3 Å². The lowest BCUT2D eigenvalue weighted by Crippen LogP contribution is -2.00. The van der Waals surface area contributed by atoms with Crippen LogP contribution in [0.4, 0.5) is 5.82 Å². The summed E-state index contributed by atoms with van der Waals surface area (Å²) in [4.78, 5) is 8.26. The van der Waals surface area contributed by atoms with Gasteiger partial charge in [-0.15, -0.1) is 0 Å². The third-order valence-corrected chi connectivity index (χ3v) is 3.24. The van der Waals surface area contributed by atoms with Crippen LogP contribution in [-0.4, -0.2) is 24.1 Å². The minimum Gasteiger partial charge on any atom is -0.497 e. The quantitative estimate of drug-likeness (QED) is 0.934. The fourth-order valence-electron chi connectivity index (χ4n) is 1.58. The molecule has 0 saturated heterocycles. The molecule has 1 aromatic carbocycles. The third-order valence-electron chi connectivity index (χ3n) is 2.62. The molecule has 2 aromatic rings. The summed E-state index contributed by atoms with van der Waals surface area (Å²) in [5.74, 6) is 2.69. The van der Waals surface area contributed by atoms with Gasteiger partial charge in [-0.1, -0.05) is 0 Å². The van der Waals surface area contributed by atoms with Crippen LogP contribution in [-0.2, 0) is 0 Å². The second-order valence-electron chi connectivity index (χ2n) is 3.80. The van der Waals surface area contributed by atoms with Crippen molar-refractivity contribution in [1.82, 2.24) is 9.97 Å². The Kier molecular flexibility index (Phi) is 4.21. The molecule has 0 aliphatic rings. The van der Waals surface area contributed by atoms with Crippen molar-refractivity contribution < 1.29 is 9.47 Å². The van der Waals surface area contributed by atoms with Crippen LogP contribution >= 0.6 is 15.9 Å². The molecular weight excluding hydrogens is 310 g/mol. The Balaban J connectivity index is 2.31. The van der Waals surface area contributed by atoms with Gasteiger partial charge in [-0.3, -0.25) is 0 Å². The van der Waals surface area contributed by atoms with Gasteiger partial charge in [0.05, 0.1) is 17.1 Å². The van der Waals surface area contributed by atoms with Gasteiger partial charge >= 0.3 is 0 Å². The van der Waals surface area contributed by atoms with E-state index in [-0.39, 0.29) is 0 Å². The Morgan fingerprint density at radius 3 is 2.68 bits per heavy atom. The summed E-state index contributed by atoms with van der Waals surface area (Å²) in [6.07, 6.45) is 1.46. The Hall–Kier alpha value is -1.82. The normalized spacial score (nSPS) is 10.1. The van der Waals surface area contributed by atoms with E-state index in [1.807, 2.05) is 32.2 Å². The van der Waals surface area contributed by atoms with E-state index in [0.717, 1.165) is 21.6 Å². The van der Waals surface area contributed by atoms with E-state index in [0.29, 0.717) is 11.6 Å². The molecule has 2 rings (SSSR count). The summed E-state index contributed by atoms with van der Waals surface area (Å²) in [6.45, 7) is 1.90. The maximum atomic E-state index is 5.79. The highest BCUT2D eigenvalue weighted by atomic mass is 79.9. The molecule has 0 bridgehead atoms. The number of halogens is 1. The van der Waals surface area contributed by atoms with Gasteiger partial charge < -0.3 is 14.8 Å². The molecule has 0 spiro atoms. The average molecular weight is 324 g/mol. The van der Waals surface area contributed by atoms with Crippen LogP contribution in [0.3, 0.4) is 0 Å². The average Bonchev–Trinajstić information content (AvgIpc) is 2.43. The van der Waals surface area contributed by atoms with Gasteiger partial charge in [0.2, 0.25) is 5.88 Å². The first-order valence-electron chi connectivity index (χ1n) is 5.66. The van der Waals surface area contributed by atoms with Gasteiger partial charge in [0.25, 0.3) is 0 Å². The molecule has 1 heterocycles. The van der Waals surface area contributed by atoms with E-state index >= 15 is 0 Å². The maximum Gasteiger partial charge on any atom is 0.227 e. The van der Waals surface area contributed by atoms with Crippen molar-refractivity contribution in [3.05, 3.63) is 34.6 Å². The Labute approximate surface area is 120 Å². The summed E-state index contributed by atoms with van der Waals surface area (Å²) >= 11 is 3.44. The largest absolute Gasteiger partial charge is 0.497 e. The Morgan fingerprint density at radius 1 is 1.26 bits per heavy atom. The first-order chi connectivity index (χ1) is 9.15. The molecule has 1 aromatic heterocycles. The zero-order chi connectivity index (χ0) is 13.8. The zero-order valence-corrected chi connectivity index (χ0v) is 12.5. The van der Waals surface area contributed by atoms with E-state index < -0.39 is 0 Å². The van der Waals surface area contributed by atoms with Crippen molar-refractivity contribution in [2.24, 2.45) is 0 Å². The smallest absolute Gasteiger partial charge is 0.227 e. The van der Waals surface area contributed by atoms with Crippen LogP contribution in [0.2, 0.25) is 0 Å². The van der Waals surface area contributed by atoms with Crippen LogP contribution in [0, 0.1) is 6.92 Å². The number of ether oxygens (including phenoxy) is 2. The molecule has 0 unspecified atom stereocenters. The van der Waals surface area contributed by atoms with E-state index in [1.165, 1.54) is 6.33 Å². The number of anilines is 1. The Bertz CT molecular complexity index is 590. The molecule has 0 radical (unpaired) electrons. The van der Waals surface area contributed by atoms with E-state index in [4.69, 9.17) is 9.47 Å². The molecule has 0 fully saturated rings. The molecule has 0 aliphatic carbocycles. The first-order valence-corrected chi connectivity index (χ1v) is 6.45. The standard InChI is InChI=1S/C13H14BrN3O2/c1-8-12(15-2)16-7-17-13(8)19-11-5-4-9(18-3)6-10(11)14/h4-7H,1-3H3,(H,15,16,17). The first kappa shape index (κ1) is 13.6. The summed E-state index contributed by atoms with van der Waals surface area (Å²) in [5.41, 5.74) is 0.854. The van der Waals surface area contributed by atoms with Crippen molar-refractivity contribution in [3.8, 4) is 17.4 Å². The summed E-state index contributed by atoms with van der Waals surface area (Å²) < 4.78 is 11.7. The number of benzene rings is 1. The summed E-state index contributed by atoms with van der Waals surface area (Å²) in [7, 11) is 3.43. The van der Waals surface area contributed by atoms with Crippen LogP contribution < -0.4 is 14.8 Å². The SMILES string of the molecule is CNc1ncnc(Oc2ccc(OC)cc2Br)c1C. The molecule has 0 aliphatic heterocycles. The van der Waals surface area contributed by atoms with Crippen molar-refractivity contribution in [2.75, 3.05) is 19.5 Å². The van der Waals surface area contributed by atoms with Crippen LogP contribution in [0.25, 0.3) is 0 Å².